The molecule has 0 spiro atoms. The Morgan fingerprint density at radius 1 is 1.60 bits per heavy atom. The molecule has 0 aliphatic carbocycles. The van der Waals surface area contributed by atoms with Crippen LogP contribution in [0.15, 0.2) is 10.8 Å². The van der Waals surface area contributed by atoms with Crippen molar-refractivity contribution in [2.24, 2.45) is 0 Å². The Bertz CT molecular complexity index is 243. The van der Waals surface area contributed by atoms with E-state index in [0.29, 0.717) is 0 Å². The molecule has 10 heavy (non-hydrogen) atoms. The Morgan fingerprint density at radius 2 is 2.30 bits per heavy atom. The van der Waals surface area contributed by atoms with Crippen molar-refractivity contribution < 1.29 is 9.13 Å². The first-order valence-corrected chi connectivity index (χ1v) is 3.25. The van der Waals surface area contributed by atoms with E-state index in [-0.39, 0.29) is 10.4 Å². The van der Waals surface area contributed by atoms with Crippen molar-refractivity contribution >= 4 is 15.9 Å². The molecule has 0 unspecified atom stereocenters. The Kier molecular flexibility index (Phi) is 2.16. The summed E-state index contributed by atoms with van der Waals surface area (Å²) in [4.78, 5) is 6.92. The molecule has 1 aromatic rings. The summed E-state index contributed by atoms with van der Waals surface area (Å²) in [5.41, 5.74) is 0. The maximum absolute atomic E-state index is 12.5. The number of hydrogen-bond donors (Lipinski definition) is 0. The lowest BCUT2D eigenvalue weighted by Gasteiger charge is -1.98. The molecule has 3 nitrogen and oxygen atoms in total. The summed E-state index contributed by atoms with van der Waals surface area (Å²) in [5.74, 6) is -0.417. The van der Waals surface area contributed by atoms with Gasteiger partial charge in [0.1, 0.15) is 10.8 Å². The second-order valence-corrected chi connectivity index (χ2v) is 2.28. The van der Waals surface area contributed by atoms with Gasteiger partial charge in [-0.05, 0) is 15.9 Å². The predicted molar refractivity (Wildman–Crippen MR) is 36.2 cm³/mol. The van der Waals surface area contributed by atoms with Gasteiger partial charge in [0.2, 0.25) is 11.8 Å². The number of aromatic nitrogens is 2. The Balaban J connectivity index is 3.14. The van der Waals surface area contributed by atoms with Crippen LogP contribution >= 0.6 is 15.9 Å². The minimum absolute atomic E-state index is 0.150. The summed E-state index contributed by atoms with van der Waals surface area (Å²) in [6.07, 6.45) is 1.10. The van der Waals surface area contributed by atoms with E-state index in [4.69, 9.17) is 0 Å². The molecule has 0 saturated heterocycles. The largest absolute Gasteiger partial charge is 0.480 e. The van der Waals surface area contributed by atoms with E-state index in [2.05, 4.69) is 30.6 Å². The Morgan fingerprint density at radius 3 is 2.80 bits per heavy atom. The van der Waals surface area contributed by atoms with Crippen LogP contribution in [0, 0.1) is 5.95 Å². The summed E-state index contributed by atoms with van der Waals surface area (Å²) < 4.78 is 17.3. The molecule has 5 heteroatoms. The molecular weight excluding hydrogens is 203 g/mol. The van der Waals surface area contributed by atoms with Crippen LogP contribution in [0.1, 0.15) is 0 Å². The molecule has 0 aromatic carbocycles. The maximum atomic E-state index is 12.5. The molecule has 54 valence electrons. The topological polar surface area (TPSA) is 35.0 Å². The molecule has 1 rings (SSSR count). The van der Waals surface area contributed by atoms with Gasteiger partial charge in [0.15, 0.2) is 0 Å². The van der Waals surface area contributed by atoms with Gasteiger partial charge in [-0.1, -0.05) is 0 Å². The maximum Gasteiger partial charge on any atom is 0.234 e. The average Bonchev–Trinajstić information content (AvgIpc) is 1.95. The Labute approximate surface area is 65.4 Å². The summed E-state index contributed by atoms with van der Waals surface area (Å²) in [7, 11) is 1.41. The number of hydrogen-bond acceptors (Lipinski definition) is 3. The van der Waals surface area contributed by atoms with E-state index < -0.39 is 5.95 Å². The normalized spacial score (nSPS) is 9.50. The van der Waals surface area contributed by atoms with Crippen LogP contribution in [0.2, 0.25) is 0 Å². The first-order valence-electron chi connectivity index (χ1n) is 2.45. The first-order chi connectivity index (χ1) is 4.75. The minimum Gasteiger partial charge on any atom is -0.480 e. The predicted octanol–water partition coefficient (Wildman–Crippen LogP) is 1.39. The van der Waals surface area contributed by atoms with E-state index in [1.807, 2.05) is 0 Å². The smallest absolute Gasteiger partial charge is 0.234 e. The summed E-state index contributed by atoms with van der Waals surface area (Å²) >= 11 is 2.92. The lowest BCUT2D eigenvalue weighted by atomic mass is 10.6. The summed E-state index contributed by atoms with van der Waals surface area (Å²) in [6.45, 7) is 0. The monoisotopic (exact) mass is 206 g/mol. The van der Waals surface area contributed by atoms with Crippen LogP contribution < -0.4 is 4.74 Å². The SMILES string of the molecule is COc1ncnc(F)c1Br. The van der Waals surface area contributed by atoms with E-state index in [0.717, 1.165) is 6.33 Å². The second-order valence-electron chi connectivity index (χ2n) is 1.49. The highest BCUT2D eigenvalue weighted by Gasteiger charge is 2.06. The molecular formula is C5H4BrFN2O. The molecule has 1 heterocycles. The molecule has 0 saturated carbocycles. The third-order valence-corrected chi connectivity index (χ3v) is 1.57. The van der Waals surface area contributed by atoms with Crippen molar-refractivity contribution in [2.75, 3.05) is 7.11 Å². The van der Waals surface area contributed by atoms with Crippen LogP contribution in [0.4, 0.5) is 4.39 Å². The van der Waals surface area contributed by atoms with E-state index >= 15 is 0 Å². The minimum atomic E-state index is -0.619. The highest BCUT2D eigenvalue weighted by atomic mass is 79.9. The van der Waals surface area contributed by atoms with Crippen molar-refractivity contribution in [3.63, 3.8) is 0 Å². The molecule has 1 aromatic heterocycles. The van der Waals surface area contributed by atoms with Crippen LogP contribution in [-0.2, 0) is 0 Å². The van der Waals surface area contributed by atoms with Gasteiger partial charge < -0.3 is 4.74 Å². The molecule has 0 bridgehead atoms. The molecule has 0 atom stereocenters. The van der Waals surface area contributed by atoms with Crippen LogP contribution in [-0.4, -0.2) is 17.1 Å². The van der Waals surface area contributed by atoms with Gasteiger partial charge in [-0.15, -0.1) is 0 Å². The van der Waals surface area contributed by atoms with E-state index in [1.54, 1.807) is 0 Å². The van der Waals surface area contributed by atoms with Gasteiger partial charge in [0, 0.05) is 0 Å². The van der Waals surface area contributed by atoms with Gasteiger partial charge in [-0.2, -0.15) is 4.39 Å². The second kappa shape index (κ2) is 2.92. The van der Waals surface area contributed by atoms with Crippen LogP contribution in [0.25, 0.3) is 0 Å². The third kappa shape index (κ3) is 1.23. The van der Waals surface area contributed by atoms with Crippen molar-refractivity contribution in [1.82, 2.24) is 9.97 Å². The van der Waals surface area contributed by atoms with Crippen molar-refractivity contribution in [3.8, 4) is 5.88 Å². The lowest BCUT2D eigenvalue weighted by Crippen LogP contribution is -1.93. The number of nitrogens with zero attached hydrogens (tertiary/aromatic N) is 2. The molecule has 0 fully saturated rings. The van der Waals surface area contributed by atoms with Crippen LogP contribution in [0.5, 0.6) is 5.88 Å². The average molecular weight is 207 g/mol. The zero-order valence-electron chi connectivity index (χ0n) is 5.14. The summed E-state index contributed by atoms with van der Waals surface area (Å²) in [6, 6.07) is 0. The van der Waals surface area contributed by atoms with Gasteiger partial charge in [-0.25, -0.2) is 9.97 Å². The van der Waals surface area contributed by atoms with Gasteiger partial charge in [0.05, 0.1) is 7.11 Å². The van der Waals surface area contributed by atoms with Gasteiger partial charge in [0.25, 0.3) is 0 Å². The van der Waals surface area contributed by atoms with Crippen molar-refractivity contribution in [2.45, 2.75) is 0 Å². The van der Waals surface area contributed by atoms with Crippen molar-refractivity contribution in [1.29, 1.82) is 0 Å². The van der Waals surface area contributed by atoms with Crippen LogP contribution in [0.3, 0.4) is 0 Å². The fourth-order valence-electron chi connectivity index (χ4n) is 0.476. The highest BCUT2D eigenvalue weighted by Crippen LogP contribution is 2.22. The lowest BCUT2D eigenvalue weighted by molar-refractivity contribution is 0.386. The molecule has 0 aliphatic rings. The molecule has 0 N–H and O–H groups in total. The third-order valence-electron chi connectivity index (χ3n) is 0.908. The molecule has 0 aliphatic heterocycles. The fraction of sp³-hybridized carbons (Fsp3) is 0.200. The number of methoxy groups -OCH3 is 1. The quantitative estimate of drug-likeness (QED) is 0.652. The Hall–Kier alpha value is -0.710. The van der Waals surface area contributed by atoms with Gasteiger partial charge in [-0.3, -0.25) is 0 Å². The number of ether oxygens (including phenoxy) is 1. The standard InChI is InChI=1S/C5H4BrFN2O/c1-10-5-3(6)4(7)8-2-9-5/h2H,1H3. The summed E-state index contributed by atoms with van der Waals surface area (Å²) in [5, 5.41) is 0. The molecule has 0 radical (unpaired) electrons. The van der Waals surface area contributed by atoms with Gasteiger partial charge >= 0.3 is 0 Å². The highest BCUT2D eigenvalue weighted by molar-refractivity contribution is 9.10. The van der Waals surface area contributed by atoms with E-state index in [9.17, 15) is 4.39 Å². The zero-order chi connectivity index (χ0) is 7.56. The number of rotatable bonds is 1. The van der Waals surface area contributed by atoms with E-state index in [1.165, 1.54) is 7.11 Å². The first kappa shape index (κ1) is 7.40. The molecule has 0 amide bonds. The number of halogens is 2. The zero-order valence-corrected chi connectivity index (χ0v) is 6.72. The van der Waals surface area contributed by atoms with Crippen molar-refractivity contribution in [3.05, 3.63) is 16.7 Å². The fourth-order valence-corrected chi connectivity index (χ4v) is 0.843.